The summed E-state index contributed by atoms with van der Waals surface area (Å²) in [6.07, 6.45) is 6.69. The second kappa shape index (κ2) is 7.17. The Hall–Kier alpha value is -0.510. The van der Waals surface area contributed by atoms with Gasteiger partial charge in [-0.15, -0.1) is 11.8 Å². The number of benzene rings is 1. The second-order valence-corrected chi connectivity index (χ2v) is 6.12. The van der Waals surface area contributed by atoms with Crippen molar-refractivity contribution >= 4 is 11.8 Å². The molecule has 0 heterocycles. The summed E-state index contributed by atoms with van der Waals surface area (Å²) in [6, 6.07) is 8.56. The van der Waals surface area contributed by atoms with Crippen molar-refractivity contribution in [1.29, 1.82) is 0 Å². The van der Waals surface area contributed by atoms with Crippen LogP contribution in [0.25, 0.3) is 0 Å². The highest BCUT2D eigenvalue weighted by atomic mass is 32.2. The highest BCUT2D eigenvalue weighted by molar-refractivity contribution is 8.00. The Bertz CT molecular complexity index is 340. The van der Waals surface area contributed by atoms with E-state index in [1.54, 1.807) is 14.2 Å². The molecule has 100 valence electrons. The SMILES string of the molecule is COC(OC)c1ccc(SC2CCCCC2)cc1. The minimum Gasteiger partial charge on any atom is -0.352 e. The Morgan fingerprint density at radius 2 is 1.61 bits per heavy atom. The maximum Gasteiger partial charge on any atom is 0.183 e. The van der Waals surface area contributed by atoms with E-state index in [1.807, 2.05) is 11.8 Å². The number of ether oxygens (including phenoxy) is 2. The average molecular weight is 266 g/mol. The van der Waals surface area contributed by atoms with Gasteiger partial charge in [0.15, 0.2) is 6.29 Å². The zero-order chi connectivity index (χ0) is 12.8. The number of thioether (sulfide) groups is 1. The topological polar surface area (TPSA) is 18.5 Å². The van der Waals surface area contributed by atoms with Crippen molar-refractivity contribution in [2.75, 3.05) is 14.2 Å². The van der Waals surface area contributed by atoms with Crippen LogP contribution in [0.15, 0.2) is 29.2 Å². The molecule has 1 fully saturated rings. The Labute approximate surface area is 114 Å². The van der Waals surface area contributed by atoms with Crippen molar-refractivity contribution in [3.63, 3.8) is 0 Å². The Balaban J connectivity index is 1.94. The largest absolute Gasteiger partial charge is 0.352 e. The summed E-state index contributed by atoms with van der Waals surface area (Å²) in [7, 11) is 3.33. The zero-order valence-corrected chi connectivity index (χ0v) is 12.0. The number of methoxy groups -OCH3 is 2. The van der Waals surface area contributed by atoms with E-state index in [0.717, 1.165) is 10.8 Å². The fourth-order valence-corrected chi connectivity index (χ4v) is 3.69. The quantitative estimate of drug-likeness (QED) is 0.736. The van der Waals surface area contributed by atoms with E-state index in [-0.39, 0.29) is 6.29 Å². The molecule has 0 spiro atoms. The minimum absolute atomic E-state index is 0.251. The van der Waals surface area contributed by atoms with Gasteiger partial charge in [-0.1, -0.05) is 31.4 Å². The smallest absolute Gasteiger partial charge is 0.183 e. The molecule has 1 aromatic rings. The molecule has 0 amide bonds. The molecule has 1 aromatic carbocycles. The van der Waals surface area contributed by atoms with Gasteiger partial charge in [0.1, 0.15) is 0 Å². The Morgan fingerprint density at radius 1 is 1.00 bits per heavy atom. The van der Waals surface area contributed by atoms with Gasteiger partial charge < -0.3 is 9.47 Å². The standard InChI is InChI=1S/C15H22O2S/c1-16-15(17-2)12-8-10-14(11-9-12)18-13-6-4-3-5-7-13/h8-11,13,15H,3-7H2,1-2H3. The second-order valence-electron chi connectivity index (χ2n) is 4.75. The van der Waals surface area contributed by atoms with Gasteiger partial charge in [0, 0.05) is 29.9 Å². The van der Waals surface area contributed by atoms with Gasteiger partial charge >= 0.3 is 0 Å². The van der Waals surface area contributed by atoms with Gasteiger partial charge in [-0.05, 0) is 25.0 Å². The van der Waals surface area contributed by atoms with Gasteiger partial charge in [-0.25, -0.2) is 0 Å². The normalized spacial score (nSPS) is 17.3. The number of hydrogen-bond acceptors (Lipinski definition) is 3. The van der Waals surface area contributed by atoms with E-state index in [4.69, 9.17) is 9.47 Å². The number of rotatable bonds is 5. The van der Waals surface area contributed by atoms with Crippen molar-refractivity contribution in [2.45, 2.75) is 48.5 Å². The maximum atomic E-state index is 5.25. The first kappa shape index (κ1) is 13.9. The predicted molar refractivity (Wildman–Crippen MR) is 75.9 cm³/mol. The summed E-state index contributed by atoms with van der Waals surface area (Å²) in [6.45, 7) is 0. The summed E-state index contributed by atoms with van der Waals surface area (Å²) >= 11 is 2.02. The molecule has 0 saturated heterocycles. The molecule has 18 heavy (non-hydrogen) atoms. The predicted octanol–water partition coefficient (Wildman–Crippen LogP) is 4.40. The van der Waals surface area contributed by atoms with Crippen molar-refractivity contribution < 1.29 is 9.47 Å². The fraction of sp³-hybridized carbons (Fsp3) is 0.600. The molecule has 0 unspecified atom stereocenters. The monoisotopic (exact) mass is 266 g/mol. The molecule has 0 aromatic heterocycles. The fourth-order valence-electron chi connectivity index (χ4n) is 2.45. The van der Waals surface area contributed by atoms with Crippen LogP contribution >= 0.6 is 11.8 Å². The Kier molecular flexibility index (Phi) is 5.54. The molecule has 2 rings (SSSR count). The lowest BCUT2D eigenvalue weighted by Gasteiger charge is -2.21. The van der Waals surface area contributed by atoms with Gasteiger partial charge in [-0.3, -0.25) is 0 Å². The molecule has 2 nitrogen and oxygen atoms in total. The first-order valence-electron chi connectivity index (χ1n) is 6.65. The van der Waals surface area contributed by atoms with Gasteiger partial charge in [-0.2, -0.15) is 0 Å². The molecule has 0 radical (unpaired) electrons. The van der Waals surface area contributed by atoms with Crippen LogP contribution in [0.1, 0.15) is 44.0 Å². The molecule has 3 heteroatoms. The van der Waals surface area contributed by atoms with E-state index >= 15 is 0 Å². The average Bonchev–Trinajstić information content (AvgIpc) is 2.43. The van der Waals surface area contributed by atoms with Crippen LogP contribution in [0.3, 0.4) is 0 Å². The highest BCUT2D eigenvalue weighted by Gasteiger charge is 2.15. The van der Waals surface area contributed by atoms with E-state index < -0.39 is 0 Å². The minimum atomic E-state index is -0.251. The molecule has 1 aliphatic carbocycles. The lowest BCUT2D eigenvalue weighted by atomic mass is 10.0. The molecular weight excluding hydrogens is 244 g/mol. The van der Waals surface area contributed by atoms with Crippen LogP contribution in [0.5, 0.6) is 0 Å². The molecule has 0 bridgehead atoms. The van der Waals surface area contributed by atoms with E-state index in [2.05, 4.69) is 24.3 Å². The van der Waals surface area contributed by atoms with Crippen molar-refractivity contribution in [3.8, 4) is 0 Å². The van der Waals surface area contributed by atoms with E-state index in [1.165, 1.54) is 37.0 Å². The third-order valence-corrected chi connectivity index (χ3v) is 4.78. The van der Waals surface area contributed by atoms with Gasteiger partial charge in [0.25, 0.3) is 0 Å². The highest BCUT2D eigenvalue weighted by Crippen LogP contribution is 2.34. The molecule has 1 saturated carbocycles. The van der Waals surface area contributed by atoms with E-state index in [0.29, 0.717) is 0 Å². The lowest BCUT2D eigenvalue weighted by molar-refractivity contribution is -0.106. The summed E-state index contributed by atoms with van der Waals surface area (Å²) in [5, 5.41) is 0.810. The summed E-state index contributed by atoms with van der Waals surface area (Å²) in [5.74, 6) is 0. The zero-order valence-electron chi connectivity index (χ0n) is 11.2. The van der Waals surface area contributed by atoms with Crippen molar-refractivity contribution in [1.82, 2.24) is 0 Å². The van der Waals surface area contributed by atoms with Gasteiger partial charge in [0.2, 0.25) is 0 Å². The lowest BCUT2D eigenvalue weighted by Crippen LogP contribution is -2.07. The number of hydrogen-bond donors (Lipinski definition) is 0. The third kappa shape index (κ3) is 3.74. The van der Waals surface area contributed by atoms with Gasteiger partial charge in [0.05, 0.1) is 0 Å². The Morgan fingerprint density at radius 3 is 2.17 bits per heavy atom. The van der Waals surface area contributed by atoms with Crippen LogP contribution in [0.2, 0.25) is 0 Å². The molecule has 0 N–H and O–H groups in total. The van der Waals surface area contributed by atoms with Crippen LogP contribution in [-0.4, -0.2) is 19.5 Å². The summed E-state index contributed by atoms with van der Waals surface area (Å²) < 4.78 is 10.5. The van der Waals surface area contributed by atoms with Crippen LogP contribution in [-0.2, 0) is 9.47 Å². The van der Waals surface area contributed by atoms with Crippen molar-refractivity contribution in [2.24, 2.45) is 0 Å². The van der Waals surface area contributed by atoms with Crippen LogP contribution in [0, 0.1) is 0 Å². The maximum absolute atomic E-state index is 5.25. The molecule has 1 aliphatic rings. The first-order chi connectivity index (χ1) is 8.83. The summed E-state index contributed by atoms with van der Waals surface area (Å²) in [4.78, 5) is 1.36. The third-order valence-electron chi connectivity index (χ3n) is 3.44. The van der Waals surface area contributed by atoms with Crippen LogP contribution in [0.4, 0.5) is 0 Å². The molecular formula is C15H22O2S. The molecule has 0 atom stereocenters. The van der Waals surface area contributed by atoms with E-state index in [9.17, 15) is 0 Å². The van der Waals surface area contributed by atoms with Crippen molar-refractivity contribution in [3.05, 3.63) is 29.8 Å². The first-order valence-corrected chi connectivity index (χ1v) is 7.53. The van der Waals surface area contributed by atoms with Crippen LogP contribution < -0.4 is 0 Å². The summed E-state index contributed by atoms with van der Waals surface area (Å²) in [5.41, 5.74) is 1.08. The molecule has 0 aliphatic heterocycles.